The third-order valence-electron chi connectivity index (χ3n) is 3.72. The highest BCUT2D eigenvalue weighted by Gasteiger charge is 2.08. The molecule has 0 saturated heterocycles. The fraction of sp³-hybridized carbons (Fsp3) is 0.222. The molecule has 0 bridgehead atoms. The van der Waals surface area contributed by atoms with Crippen molar-refractivity contribution in [1.29, 1.82) is 0 Å². The van der Waals surface area contributed by atoms with Gasteiger partial charge in [0.15, 0.2) is 5.58 Å². The number of ketones is 1. The van der Waals surface area contributed by atoms with E-state index in [1.807, 2.05) is 18.2 Å². The zero-order valence-electron chi connectivity index (χ0n) is 12.4. The first kappa shape index (κ1) is 14.3. The first-order chi connectivity index (χ1) is 10.6. The Kier molecular flexibility index (Phi) is 3.92. The third-order valence-corrected chi connectivity index (χ3v) is 3.72. The number of aromatic amines is 1. The van der Waals surface area contributed by atoms with E-state index in [2.05, 4.69) is 24.0 Å². The summed E-state index contributed by atoms with van der Waals surface area (Å²) in [5.41, 5.74) is 4.28. The van der Waals surface area contributed by atoms with E-state index in [0.29, 0.717) is 23.9 Å². The molecule has 0 aliphatic carbocycles. The van der Waals surface area contributed by atoms with Gasteiger partial charge in [-0.3, -0.25) is 9.78 Å². The van der Waals surface area contributed by atoms with Crippen molar-refractivity contribution < 1.29 is 9.21 Å². The van der Waals surface area contributed by atoms with Crippen molar-refractivity contribution in [3.05, 3.63) is 69.7 Å². The summed E-state index contributed by atoms with van der Waals surface area (Å²) in [6.07, 6.45) is 1.75. The maximum atomic E-state index is 12.2. The number of carbonyl (C=O) groups excluding carboxylic acids is 1. The van der Waals surface area contributed by atoms with Crippen LogP contribution in [0.3, 0.4) is 0 Å². The molecule has 3 rings (SSSR count). The largest absolute Gasteiger partial charge is 0.417 e. The van der Waals surface area contributed by atoms with Crippen LogP contribution in [0.2, 0.25) is 0 Å². The molecule has 4 heteroatoms. The average molecular weight is 295 g/mol. The van der Waals surface area contributed by atoms with Gasteiger partial charge in [0, 0.05) is 12.8 Å². The van der Waals surface area contributed by atoms with E-state index in [1.165, 1.54) is 5.56 Å². The van der Waals surface area contributed by atoms with E-state index in [-0.39, 0.29) is 5.78 Å². The molecule has 0 radical (unpaired) electrons. The summed E-state index contributed by atoms with van der Waals surface area (Å²) in [5, 5.41) is 0. The Morgan fingerprint density at radius 1 is 1.00 bits per heavy atom. The van der Waals surface area contributed by atoms with Gasteiger partial charge in [0.25, 0.3) is 0 Å². The molecular weight excluding hydrogens is 278 g/mol. The maximum Gasteiger partial charge on any atom is 0.417 e. The van der Waals surface area contributed by atoms with Gasteiger partial charge in [0.2, 0.25) is 0 Å². The molecule has 0 atom stereocenters. The molecule has 0 aliphatic heterocycles. The fourth-order valence-corrected chi connectivity index (χ4v) is 2.51. The number of aromatic nitrogens is 1. The minimum Gasteiger partial charge on any atom is -0.408 e. The molecule has 0 aliphatic rings. The average Bonchev–Trinajstić information content (AvgIpc) is 2.87. The minimum atomic E-state index is -0.477. The Bertz CT molecular complexity index is 856. The van der Waals surface area contributed by atoms with Crippen LogP contribution in [-0.4, -0.2) is 10.8 Å². The molecule has 0 fully saturated rings. The molecule has 0 unspecified atom stereocenters. The molecular formula is C18H17NO3. The van der Waals surface area contributed by atoms with E-state index in [9.17, 15) is 9.59 Å². The number of Topliss-reactive ketones (excluding diaryl/α,β-unsaturated/α-hetero) is 1. The van der Waals surface area contributed by atoms with Gasteiger partial charge in [-0.25, -0.2) is 4.79 Å². The van der Waals surface area contributed by atoms with Crippen molar-refractivity contribution in [3.8, 4) is 0 Å². The number of H-pyrrole nitrogens is 1. The van der Waals surface area contributed by atoms with Crippen LogP contribution < -0.4 is 5.76 Å². The topological polar surface area (TPSA) is 63.1 Å². The number of oxazole rings is 1. The van der Waals surface area contributed by atoms with E-state index < -0.39 is 5.76 Å². The number of hydrogen-bond donors (Lipinski definition) is 1. The highest BCUT2D eigenvalue weighted by Crippen LogP contribution is 2.14. The van der Waals surface area contributed by atoms with E-state index in [1.54, 1.807) is 12.1 Å². The standard InChI is InChI=1S/C18H17NO3/c1-2-12-3-5-13(6-4-12)9-15(20)10-14-7-8-16-17(11-14)22-18(21)19-16/h3-8,11H,2,9-10H2,1H3,(H,19,21). The van der Waals surface area contributed by atoms with Crippen molar-refractivity contribution in [3.63, 3.8) is 0 Å². The minimum absolute atomic E-state index is 0.140. The van der Waals surface area contributed by atoms with Crippen molar-refractivity contribution in [1.82, 2.24) is 4.98 Å². The quantitative estimate of drug-likeness (QED) is 0.787. The van der Waals surface area contributed by atoms with Crippen LogP contribution in [0.1, 0.15) is 23.6 Å². The number of aryl methyl sites for hydroxylation is 1. The Balaban J connectivity index is 1.70. The molecule has 4 nitrogen and oxygen atoms in total. The summed E-state index contributed by atoms with van der Waals surface area (Å²) in [4.78, 5) is 25.9. The van der Waals surface area contributed by atoms with Crippen LogP contribution in [0.5, 0.6) is 0 Å². The van der Waals surface area contributed by atoms with Crippen molar-refractivity contribution in [2.75, 3.05) is 0 Å². The number of hydrogen-bond acceptors (Lipinski definition) is 3. The van der Waals surface area contributed by atoms with Gasteiger partial charge in [0.05, 0.1) is 5.52 Å². The fourth-order valence-electron chi connectivity index (χ4n) is 2.51. The summed E-state index contributed by atoms with van der Waals surface area (Å²) in [6.45, 7) is 2.11. The number of fused-ring (bicyclic) bond motifs is 1. The first-order valence-electron chi connectivity index (χ1n) is 7.35. The molecule has 0 spiro atoms. The number of benzene rings is 2. The lowest BCUT2D eigenvalue weighted by atomic mass is 10.0. The number of carbonyl (C=O) groups is 1. The molecule has 1 heterocycles. The van der Waals surface area contributed by atoms with Gasteiger partial charge < -0.3 is 4.42 Å². The number of nitrogens with one attached hydrogen (secondary N) is 1. The van der Waals surface area contributed by atoms with Crippen LogP contribution >= 0.6 is 0 Å². The summed E-state index contributed by atoms with van der Waals surface area (Å²) in [6, 6.07) is 13.5. The Morgan fingerprint density at radius 3 is 2.36 bits per heavy atom. The lowest BCUT2D eigenvalue weighted by molar-refractivity contribution is -0.117. The van der Waals surface area contributed by atoms with Crippen LogP contribution in [0.4, 0.5) is 0 Å². The number of rotatable bonds is 5. The van der Waals surface area contributed by atoms with E-state index >= 15 is 0 Å². The van der Waals surface area contributed by atoms with Crippen LogP contribution in [0, 0.1) is 0 Å². The smallest absolute Gasteiger partial charge is 0.408 e. The maximum absolute atomic E-state index is 12.2. The molecule has 1 aromatic heterocycles. The van der Waals surface area contributed by atoms with Crippen molar-refractivity contribution >= 4 is 16.9 Å². The summed E-state index contributed by atoms with van der Waals surface area (Å²) in [5.74, 6) is -0.337. The van der Waals surface area contributed by atoms with Gasteiger partial charge >= 0.3 is 5.76 Å². The van der Waals surface area contributed by atoms with Crippen LogP contribution in [-0.2, 0) is 24.1 Å². The monoisotopic (exact) mass is 295 g/mol. The van der Waals surface area contributed by atoms with Gasteiger partial charge in [-0.2, -0.15) is 0 Å². The van der Waals surface area contributed by atoms with Gasteiger partial charge in [-0.1, -0.05) is 37.3 Å². The second-order valence-electron chi connectivity index (χ2n) is 5.41. The van der Waals surface area contributed by atoms with Crippen LogP contribution in [0.15, 0.2) is 51.7 Å². The normalized spacial score (nSPS) is 11.0. The second-order valence-corrected chi connectivity index (χ2v) is 5.41. The van der Waals surface area contributed by atoms with Gasteiger partial charge in [-0.05, 0) is 35.2 Å². The van der Waals surface area contributed by atoms with E-state index in [0.717, 1.165) is 17.5 Å². The Morgan fingerprint density at radius 2 is 1.64 bits per heavy atom. The van der Waals surface area contributed by atoms with Crippen molar-refractivity contribution in [2.24, 2.45) is 0 Å². The lowest BCUT2D eigenvalue weighted by Crippen LogP contribution is -2.06. The molecule has 3 aromatic rings. The highest BCUT2D eigenvalue weighted by molar-refractivity contribution is 5.84. The summed E-state index contributed by atoms with van der Waals surface area (Å²) < 4.78 is 5.01. The Labute approximate surface area is 127 Å². The summed E-state index contributed by atoms with van der Waals surface area (Å²) in [7, 11) is 0. The summed E-state index contributed by atoms with van der Waals surface area (Å²) >= 11 is 0. The molecule has 1 N–H and O–H groups in total. The predicted octanol–water partition coefficient (Wildman–Crippen LogP) is 3.04. The zero-order chi connectivity index (χ0) is 15.5. The van der Waals surface area contributed by atoms with Crippen molar-refractivity contribution in [2.45, 2.75) is 26.2 Å². The van der Waals surface area contributed by atoms with Crippen LogP contribution in [0.25, 0.3) is 11.1 Å². The molecule has 0 saturated carbocycles. The van der Waals surface area contributed by atoms with Gasteiger partial charge in [-0.15, -0.1) is 0 Å². The first-order valence-corrected chi connectivity index (χ1v) is 7.35. The predicted molar refractivity (Wildman–Crippen MR) is 85.1 cm³/mol. The SMILES string of the molecule is CCc1ccc(CC(=O)Cc2ccc3[nH]c(=O)oc3c2)cc1. The van der Waals surface area contributed by atoms with Gasteiger partial charge in [0.1, 0.15) is 5.78 Å². The Hall–Kier alpha value is -2.62. The highest BCUT2D eigenvalue weighted by atomic mass is 16.4. The molecule has 112 valence electrons. The zero-order valence-corrected chi connectivity index (χ0v) is 12.4. The second kappa shape index (κ2) is 6.02. The lowest BCUT2D eigenvalue weighted by Gasteiger charge is -2.03. The molecule has 22 heavy (non-hydrogen) atoms. The van der Waals surface area contributed by atoms with E-state index in [4.69, 9.17) is 4.42 Å². The molecule has 2 aromatic carbocycles. The molecule has 0 amide bonds. The third kappa shape index (κ3) is 3.17.